The van der Waals surface area contributed by atoms with Crippen LogP contribution in [0.15, 0.2) is 24.3 Å². The van der Waals surface area contributed by atoms with Crippen molar-refractivity contribution in [3.8, 4) is 0 Å². The first-order chi connectivity index (χ1) is 23.1. The molecule has 0 amide bonds. The van der Waals surface area contributed by atoms with Crippen molar-refractivity contribution in [2.45, 2.75) is 174 Å². The molecule has 48 heavy (non-hydrogen) atoms. The van der Waals surface area contributed by atoms with Gasteiger partial charge >= 0.3 is 11.9 Å². The van der Waals surface area contributed by atoms with Crippen molar-refractivity contribution in [2.24, 2.45) is 0 Å². The summed E-state index contributed by atoms with van der Waals surface area (Å²) in [6, 6.07) is -0.725. The zero-order valence-corrected chi connectivity index (χ0v) is 31.7. The number of rotatable bonds is 34. The van der Waals surface area contributed by atoms with Crippen molar-refractivity contribution in [3.63, 3.8) is 0 Å². The number of carboxylic acids is 1. The van der Waals surface area contributed by atoms with Gasteiger partial charge in [-0.25, -0.2) is 0 Å². The van der Waals surface area contributed by atoms with Gasteiger partial charge in [0.05, 0.1) is 40.3 Å². The second kappa shape index (κ2) is 32.0. The summed E-state index contributed by atoms with van der Waals surface area (Å²) in [7, 11) is 5.39. The molecule has 0 aromatic heterocycles. The zero-order chi connectivity index (χ0) is 35.7. The number of carboxylic acid groups (broad SMARTS) is 1. The van der Waals surface area contributed by atoms with E-state index in [2.05, 4.69) is 38.2 Å². The summed E-state index contributed by atoms with van der Waals surface area (Å²) < 4.78 is 17.0. The minimum Gasteiger partial charge on any atom is -0.544 e. The van der Waals surface area contributed by atoms with Crippen molar-refractivity contribution in [1.82, 2.24) is 0 Å². The maximum absolute atomic E-state index is 12.6. The Morgan fingerprint density at radius 2 is 1.06 bits per heavy atom. The molecule has 2 unspecified atom stereocenters. The van der Waals surface area contributed by atoms with Gasteiger partial charge in [0.15, 0.2) is 6.10 Å². The molecular formula is C40H73NO7. The van der Waals surface area contributed by atoms with Gasteiger partial charge in [-0.15, -0.1) is 0 Å². The fourth-order valence-corrected chi connectivity index (χ4v) is 5.46. The predicted octanol–water partition coefficient (Wildman–Crippen LogP) is 8.41. The zero-order valence-electron chi connectivity index (χ0n) is 31.7. The first kappa shape index (κ1) is 45.8. The summed E-state index contributed by atoms with van der Waals surface area (Å²) in [5.41, 5.74) is 0. The molecule has 8 nitrogen and oxygen atoms in total. The molecule has 0 aromatic carbocycles. The molecule has 0 aliphatic rings. The van der Waals surface area contributed by atoms with E-state index >= 15 is 0 Å². The smallest absolute Gasteiger partial charge is 0.306 e. The maximum Gasteiger partial charge on any atom is 0.306 e. The molecule has 8 heteroatoms. The van der Waals surface area contributed by atoms with Gasteiger partial charge in [0.1, 0.15) is 12.6 Å². The molecule has 0 N–H and O–H groups in total. The van der Waals surface area contributed by atoms with E-state index in [1.165, 1.54) is 57.8 Å². The average Bonchev–Trinajstić information content (AvgIpc) is 3.03. The Hall–Kier alpha value is -2.19. The quantitative estimate of drug-likeness (QED) is 0.0291. The van der Waals surface area contributed by atoms with Crippen LogP contribution in [-0.2, 0) is 28.6 Å². The topological polar surface area (TPSA) is 102 Å². The Kier molecular flexibility index (Phi) is 30.6. The van der Waals surface area contributed by atoms with Crippen LogP contribution in [0.1, 0.15) is 162 Å². The normalized spacial score (nSPS) is 13.3. The number of hydrogen-bond donors (Lipinski definition) is 0. The van der Waals surface area contributed by atoms with Crippen molar-refractivity contribution >= 4 is 17.9 Å². The van der Waals surface area contributed by atoms with Gasteiger partial charge in [0.2, 0.25) is 0 Å². The number of hydrogen-bond acceptors (Lipinski definition) is 7. The van der Waals surface area contributed by atoms with Crippen LogP contribution in [0.25, 0.3) is 0 Å². The first-order valence-corrected chi connectivity index (χ1v) is 19.4. The lowest BCUT2D eigenvalue weighted by atomic mass is 10.1. The Morgan fingerprint density at radius 3 is 1.58 bits per heavy atom. The average molecular weight is 680 g/mol. The van der Waals surface area contributed by atoms with E-state index in [1.807, 2.05) is 0 Å². The number of allylic oxidation sites excluding steroid dienone is 4. The summed E-state index contributed by atoms with van der Waals surface area (Å²) >= 11 is 0. The largest absolute Gasteiger partial charge is 0.544 e. The standard InChI is InChI=1S/C40H73NO7/c1-6-8-10-12-14-16-18-19-21-22-24-26-28-30-38(42)47-35-36(34-46-33-32-37(40(44)45)41(3,4)5)48-39(43)31-29-27-25-23-20-17-15-13-11-9-7-2/h13,15,19,21,36-37H,6-12,14,16-18,20,22-35H2,1-5H3/b15-13+,21-19+. The fraction of sp³-hybridized carbons (Fsp3) is 0.825. The minimum absolute atomic E-state index is 0.0345. The van der Waals surface area contributed by atoms with E-state index in [1.54, 1.807) is 21.1 Å². The molecule has 0 spiro atoms. The lowest BCUT2D eigenvalue weighted by Crippen LogP contribution is -2.55. The molecule has 280 valence electrons. The maximum atomic E-state index is 12.6. The SMILES string of the molecule is CCCC/C=C/CCCCCCCC(=O)OC(COCCC(C(=O)[O-])[N+](C)(C)C)COC(=O)CCCCC/C=C/CCCCCCCC. The highest BCUT2D eigenvalue weighted by Crippen LogP contribution is 2.12. The van der Waals surface area contributed by atoms with Crippen molar-refractivity contribution < 1.29 is 38.2 Å². The third kappa shape index (κ3) is 29.9. The number of carbonyl (C=O) groups is 3. The Balaban J connectivity index is 4.45. The lowest BCUT2D eigenvalue weighted by molar-refractivity contribution is -0.889. The molecule has 0 bridgehead atoms. The Morgan fingerprint density at radius 1 is 0.604 bits per heavy atom. The number of likely N-dealkylation sites (N-methyl/N-ethyl adjacent to an activating group) is 1. The highest BCUT2D eigenvalue weighted by atomic mass is 16.6. The van der Waals surface area contributed by atoms with Gasteiger partial charge in [-0.05, 0) is 57.8 Å². The Labute approximate surface area is 294 Å². The van der Waals surface area contributed by atoms with Crippen LogP contribution >= 0.6 is 0 Å². The number of nitrogens with zero attached hydrogens (tertiary/aromatic N) is 1. The van der Waals surface area contributed by atoms with Gasteiger partial charge in [0.25, 0.3) is 0 Å². The highest BCUT2D eigenvalue weighted by Gasteiger charge is 2.25. The molecule has 0 heterocycles. The highest BCUT2D eigenvalue weighted by molar-refractivity contribution is 5.70. The summed E-state index contributed by atoms with van der Waals surface area (Å²) in [6.45, 7) is 4.57. The third-order valence-electron chi connectivity index (χ3n) is 8.56. The third-order valence-corrected chi connectivity index (χ3v) is 8.56. The van der Waals surface area contributed by atoms with Gasteiger partial charge in [0, 0.05) is 19.3 Å². The van der Waals surface area contributed by atoms with Crippen molar-refractivity contribution in [2.75, 3.05) is 41.0 Å². The Bertz CT molecular complexity index is 849. The molecule has 0 aliphatic carbocycles. The van der Waals surface area contributed by atoms with Crippen molar-refractivity contribution in [1.29, 1.82) is 0 Å². The van der Waals surface area contributed by atoms with E-state index in [4.69, 9.17) is 14.2 Å². The van der Waals surface area contributed by atoms with Crippen LogP contribution in [0, 0.1) is 0 Å². The van der Waals surface area contributed by atoms with E-state index in [0.717, 1.165) is 70.6 Å². The fourth-order valence-electron chi connectivity index (χ4n) is 5.46. The van der Waals surface area contributed by atoms with E-state index in [0.29, 0.717) is 12.8 Å². The molecule has 0 radical (unpaired) electrons. The van der Waals surface area contributed by atoms with E-state index in [9.17, 15) is 19.5 Å². The number of esters is 2. The monoisotopic (exact) mass is 680 g/mol. The number of ether oxygens (including phenoxy) is 3. The molecular weight excluding hydrogens is 606 g/mol. The van der Waals surface area contributed by atoms with E-state index < -0.39 is 18.1 Å². The van der Waals surface area contributed by atoms with Crippen LogP contribution in [-0.4, -0.2) is 75.5 Å². The number of aliphatic carboxylic acids is 1. The van der Waals surface area contributed by atoms with Gasteiger partial charge in [-0.2, -0.15) is 0 Å². The summed E-state index contributed by atoms with van der Waals surface area (Å²) in [5.74, 6) is -1.77. The van der Waals surface area contributed by atoms with Crippen LogP contribution in [0.4, 0.5) is 0 Å². The first-order valence-electron chi connectivity index (χ1n) is 19.4. The minimum atomic E-state index is -1.13. The second-order valence-corrected chi connectivity index (χ2v) is 14.2. The lowest BCUT2D eigenvalue weighted by Gasteiger charge is -2.34. The molecule has 0 aliphatic heterocycles. The summed E-state index contributed by atoms with van der Waals surface area (Å²) in [5, 5.41) is 11.6. The number of quaternary nitrogens is 1. The van der Waals surface area contributed by atoms with Gasteiger partial charge in [-0.3, -0.25) is 9.59 Å². The molecule has 0 fully saturated rings. The molecule has 0 aromatic rings. The molecule has 2 atom stereocenters. The van der Waals surface area contributed by atoms with E-state index in [-0.39, 0.29) is 42.7 Å². The molecule has 0 rings (SSSR count). The number of unbranched alkanes of at least 4 members (excludes halogenated alkanes) is 16. The second-order valence-electron chi connectivity index (χ2n) is 14.2. The van der Waals surface area contributed by atoms with Gasteiger partial charge < -0.3 is 28.6 Å². The predicted molar refractivity (Wildman–Crippen MR) is 194 cm³/mol. The van der Waals surface area contributed by atoms with Crippen LogP contribution in [0.5, 0.6) is 0 Å². The number of carbonyl (C=O) groups excluding carboxylic acids is 3. The van der Waals surface area contributed by atoms with Gasteiger partial charge in [-0.1, -0.05) is 109 Å². The molecule has 0 saturated carbocycles. The summed E-state index contributed by atoms with van der Waals surface area (Å²) in [4.78, 5) is 36.6. The summed E-state index contributed by atoms with van der Waals surface area (Å²) in [6.07, 6.45) is 32.0. The van der Waals surface area contributed by atoms with Crippen LogP contribution < -0.4 is 5.11 Å². The van der Waals surface area contributed by atoms with Crippen LogP contribution in [0.2, 0.25) is 0 Å². The molecule has 0 saturated heterocycles. The van der Waals surface area contributed by atoms with Crippen molar-refractivity contribution in [3.05, 3.63) is 24.3 Å². The van der Waals surface area contributed by atoms with Crippen LogP contribution in [0.3, 0.4) is 0 Å².